The highest BCUT2D eigenvalue weighted by Crippen LogP contribution is 2.38. The van der Waals surface area contributed by atoms with Gasteiger partial charge in [-0.3, -0.25) is 4.79 Å². The highest BCUT2D eigenvalue weighted by molar-refractivity contribution is 5.97. The molecule has 1 saturated heterocycles. The van der Waals surface area contributed by atoms with E-state index < -0.39 is 12.5 Å². The van der Waals surface area contributed by atoms with Gasteiger partial charge in [-0.05, 0) is 38.0 Å². The van der Waals surface area contributed by atoms with Crippen LogP contribution in [0.5, 0.6) is 0 Å². The first kappa shape index (κ1) is 16.4. The van der Waals surface area contributed by atoms with E-state index in [1.807, 2.05) is 6.92 Å². The Balaban J connectivity index is 2.08. The molecule has 1 spiro atoms. The van der Waals surface area contributed by atoms with Crippen LogP contribution in [0.25, 0.3) is 0 Å². The number of nitrogens with one attached hydrogen (secondary N) is 1. The largest absolute Gasteiger partial charge is 0.381 e. The number of alkyl halides is 2. The Morgan fingerprint density at radius 3 is 2.74 bits per heavy atom. The monoisotopic (exact) mass is 326 g/mol. The lowest BCUT2D eigenvalue weighted by atomic mass is 9.76. The molecule has 0 bridgehead atoms. The van der Waals surface area contributed by atoms with E-state index in [0.29, 0.717) is 49.6 Å². The highest BCUT2D eigenvalue weighted by atomic mass is 19.2. The fourth-order valence-electron chi connectivity index (χ4n) is 3.49. The third-order valence-electron chi connectivity index (χ3n) is 4.90. The Bertz CT molecular complexity index is 594. The molecule has 0 saturated carbocycles. The van der Waals surface area contributed by atoms with Crippen LogP contribution in [0.4, 0.5) is 8.78 Å². The summed E-state index contributed by atoms with van der Waals surface area (Å²) in [6.45, 7) is 6.71. The van der Waals surface area contributed by atoms with Gasteiger partial charge in [0, 0.05) is 19.8 Å². The van der Waals surface area contributed by atoms with Crippen molar-refractivity contribution in [3.8, 4) is 0 Å². The van der Waals surface area contributed by atoms with Crippen LogP contribution in [0, 0.1) is 12.3 Å². The first-order valence-electron chi connectivity index (χ1n) is 8.05. The van der Waals surface area contributed by atoms with E-state index in [9.17, 15) is 13.6 Å². The quantitative estimate of drug-likeness (QED) is 0.926. The van der Waals surface area contributed by atoms with Gasteiger partial charge in [0.15, 0.2) is 6.17 Å². The fourth-order valence-corrected chi connectivity index (χ4v) is 3.49. The van der Waals surface area contributed by atoms with Gasteiger partial charge in [-0.2, -0.15) is 5.10 Å². The average Bonchev–Trinajstić information content (AvgIpc) is 2.84. The molecule has 2 aliphatic heterocycles. The van der Waals surface area contributed by atoms with Crippen molar-refractivity contribution in [2.45, 2.75) is 45.1 Å². The molecule has 7 heteroatoms. The third kappa shape index (κ3) is 2.86. The van der Waals surface area contributed by atoms with Gasteiger partial charge in [0.2, 0.25) is 6.30 Å². The van der Waals surface area contributed by atoms with Gasteiger partial charge in [0.05, 0.1) is 17.0 Å². The number of halogens is 2. The van der Waals surface area contributed by atoms with Crippen molar-refractivity contribution >= 4 is 5.91 Å². The lowest BCUT2D eigenvalue weighted by Crippen LogP contribution is -2.41. The SMILES string of the molecule is [CH2]C(F)C(F)n1nc(CC)c2c1CC1(CCOCC1)CNC2=O. The van der Waals surface area contributed by atoms with Crippen molar-refractivity contribution in [1.29, 1.82) is 0 Å². The molecule has 2 atom stereocenters. The summed E-state index contributed by atoms with van der Waals surface area (Å²) < 4.78 is 34.2. The third-order valence-corrected chi connectivity index (χ3v) is 4.90. The Labute approximate surface area is 134 Å². The molecule has 5 nitrogen and oxygen atoms in total. The number of carbonyl (C=O) groups excluding carboxylic acids is 1. The Morgan fingerprint density at radius 2 is 2.13 bits per heavy atom. The molecule has 2 aliphatic rings. The minimum Gasteiger partial charge on any atom is -0.381 e. The second kappa shape index (κ2) is 6.19. The predicted molar refractivity (Wildman–Crippen MR) is 80.5 cm³/mol. The molecular weight excluding hydrogens is 304 g/mol. The molecule has 127 valence electrons. The molecule has 23 heavy (non-hydrogen) atoms. The van der Waals surface area contributed by atoms with Crippen LogP contribution in [-0.4, -0.2) is 41.6 Å². The van der Waals surface area contributed by atoms with Crippen molar-refractivity contribution in [2.75, 3.05) is 19.8 Å². The van der Waals surface area contributed by atoms with Crippen LogP contribution in [0.2, 0.25) is 0 Å². The summed E-state index contributed by atoms with van der Waals surface area (Å²) in [4.78, 5) is 12.5. The van der Waals surface area contributed by atoms with Gasteiger partial charge in [-0.25, -0.2) is 13.5 Å². The van der Waals surface area contributed by atoms with Gasteiger partial charge >= 0.3 is 0 Å². The van der Waals surface area contributed by atoms with Crippen LogP contribution in [0.15, 0.2) is 0 Å². The molecule has 1 radical (unpaired) electrons. The summed E-state index contributed by atoms with van der Waals surface area (Å²) in [5.41, 5.74) is 1.20. The van der Waals surface area contributed by atoms with E-state index in [2.05, 4.69) is 17.3 Å². The Kier molecular flexibility index (Phi) is 4.40. The van der Waals surface area contributed by atoms with Crippen LogP contribution in [0.3, 0.4) is 0 Å². The van der Waals surface area contributed by atoms with E-state index in [-0.39, 0.29) is 11.3 Å². The Morgan fingerprint density at radius 1 is 1.43 bits per heavy atom. The predicted octanol–water partition coefficient (Wildman–Crippen LogP) is 2.17. The molecule has 0 aromatic carbocycles. The van der Waals surface area contributed by atoms with Crippen molar-refractivity contribution in [2.24, 2.45) is 5.41 Å². The number of ether oxygens (including phenoxy) is 1. The van der Waals surface area contributed by atoms with Crippen molar-refractivity contribution in [3.63, 3.8) is 0 Å². The van der Waals surface area contributed by atoms with Crippen LogP contribution >= 0.6 is 0 Å². The highest BCUT2D eigenvalue weighted by Gasteiger charge is 2.41. The van der Waals surface area contributed by atoms with Gasteiger partial charge < -0.3 is 10.1 Å². The number of fused-ring (bicyclic) bond motifs is 1. The van der Waals surface area contributed by atoms with Crippen molar-refractivity contribution < 1.29 is 18.3 Å². The molecule has 1 aromatic rings. The number of hydrogen-bond acceptors (Lipinski definition) is 3. The number of amides is 1. The topological polar surface area (TPSA) is 56.1 Å². The second-order valence-electron chi connectivity index (χ2n) is 6.43. The van der Waals surface area contributed by atoms with Crippen molar-refractivity contribution in [3.05, 3.63) is 23.9 Å². The van der Waals surface area contributed by atoms with Gasteiger partial charge in [-0.1, -0.05) is 6.92 Å². The smallest absolute Gasteiger partial charge is 0.255 e. The molecule has 3 heterocycles. The van der Waals surface area contributed by atoms with E-state index >= 15 is 0 Å². The number of nitrogens with zero attached hydrogens (tertiary/aromatic N) is 2. The summed E-state index contributed by atoms with van der Waals surface area (Å²) in [5.74, 6) is -0.252. The van der Waals surface area contributed by atoms with E-state index in [4.69, 9.17) is 4.74 Å². The summed E-state index contributed by atoms with van der Waals surface area (Å²) in [6, 6.07) is 0. The number of rotatable bonds is 3. The van der Waals surface area contributed by atoms with Crippen LogP contribution in [0.1, 0.15) is 47.8 Å². The summed E-state index contributed by atoms with van der Waals surface area (Å²) in [6.07, 6.45) is -1.38. The molecule has 1 amide bonds. The maximum absolute atomic E-state index is 14.3. The first-order valence-corrected chi connectivity index (χ1v) is 8.05. The Hall–Kier alpha value is -1.50. The standard InChI is InChI=1S/C16H22F2N3O2/c1-3-11-13-12(21(20-11)14(18)10(2)17)8-16(9-19-15(13)22)4-6-23-7-5-16/h10,14H,2-9H2,1H3,(H,19,22). The molecule has 1 aromatic heterocycles. The second-order valence-corrected chi connectivity index (χ2v) is 6.43. The lowest BCUT2D eigenvalue weighted by Gasteiger charge is -2.36. The normalized spacial score (nSPS) is 23.0. The molecule has 0 aliphatic carbocycles. The summed E-state index contributed by atoms with van der Waals surface area (Å²) in [7, 11) is 0. The molecule has 1 N–H and O–H groups in total. The van der Waals surface area contributed by atoms with Gasteiger partial charge in [0.25, 0.3) is 5.91 Å². The fraction of sp³-hybridized carbons (Fsp3) is 0.688. The van der Waals surface area contributed by atoms with E-state index in [0.717, 1.165) is 17.5 Å². The van der Waals surface area contributed by atoms with Gasteiger partial charge in [-0.15, -0.1) is 0 Å². The molecule has 3 rings (SSSR count). The zero-order chi connectivity index (χ0) is 16.6. The number of carbonyl (C=O) groups is 1. The van der Waals surface area contributed by atoms with Crippen LogP contribution in [-0.2, 0) is 17.6 Å². The number of aromatic nitrogens is 2. The molecule has 2 unspecified atom stereocenters. The zero-order valence-electron chi connectivity index (χ0n) is 13.3. The molecule has 1 fully saturated rings. The molecular formula is C16H22F2N3O2. The average molecular weight is 326 g/mol. The summed E-state index contributed by atoms with van der Waals surface area (Å²) >= 11 is 0. The first-order chi connectivity index (χ1) is 11.0. The van der Waals surface area contributed by atoms with Crippen molar-refractivity contribution in [1.82, 2.24) is 15.1 Å². The van der Waals surface area contributed by atoms with Crippen LogP contribution < -0.4 is 5.32 Å². The number of aryl methyl sites for hydroxylation is 1. The van der Waals surface area contributed by atoms with E-state index in [1.165, 1.54) is 0 Å². The minimum absolute atomic E-state index is 0.186. The maximum Gasteiger partial charge on any atom is 0.255 e. The van der Waals surface area contributed by atoms with Gasteiger partial charge in [0.1, 0.15) is 0 Å². The van der Waals surface area contributed by atoms with E-state index in [1.54, 1.807) is 0 Å². The minimum atomic E-state index is -1.98. The zero-order valence-corrected chi connectivity index (χ0v) is 13.3. The maximum atomic E-state index is 14.3. The number of hydrogen-bond donors (Lipinski definition) is 1. The summed E-state index contributed by atoms with van der Waals surface area (Å²) in [5, 5.41) is 7.11. The lowest BCUT2D eigenvalue weighted by molar-refractivity contribution is 0.0140.